The summed E-state index contributed by atoms with van der Waals surface area (Å²) in [4.78, 5) is 14.0. The molecule has 0 bridgehead atoms. The van der Waals surface area contributed by atoms with Gasteiger partial charge in [-0.1, -0.05) is 12.1 Å². The Morgan fingerprint density at radius 1 is 1.35 bits per heavy atom. The van der Waals surface area contributed by atoms with E-state index in [1.165, 1.54) is 0 Å². The van der Waals surface area contributed by atoms with Gasteiger partial charge in [-0.15, -0.1) is 0 Å². The molecular weight excluding hydrogens is 256 g/mol. The summed E-state index contributed by atoms with van der Waals surface area (Å²) >= 11 is 0. The molecule has 1 aliphatic rings. The highest BCUT2D eigenvalue weighted by Crippen LogP contribution is 2.19. The van der Waals surface area contributed by atoms with E-state index >= 15 is 0 Å². The fourth-order valence-corrected chi connectivity index (χ4v) is 2.17. The standard InChI is InChI=1S/C15H22N2O3/c1-11(16)13-4-3-5-14(10-13)20-12(2)15(18)17-6-8-19-9-7-17/h3-5,10-12H,6-9,16H2,1-2H3/t11-,12?/m1/s1. The van der Waals surface area contributed by atoms with Crippen molar-refractivity contribution in [3.8, 4) is 5.75 Å². The van der Waals surface area contributed by atoms with Crippen molar-refractivity contribution in [3.63, 3.8) is 0 Å². The third-order valence-corrected chi connectivity index (χ3v) is 3.37. The van der Waals surface area contributed by atoms with Crippen LogP contribution in [0.4, 0.5) is 0 Å². The summed E-state index contributed by atoms with van der Waals surface area (Å²) in [5, 5.41) is 0. The fourth-order valence-electron chi connectivity index (χ4n) is 2.17. The Kier molecular flexibility index (Phi) is 4.98. The maximum absolute atomic E-state index is 12.2. The normalized spacial score (nSPS) is 18.4. The maximum atomic E-state index is 12.2. The van der Waals surface area contributed by atoms with E-state index in [4.69, 9.17) is 15.2 Å². The van der Waals surface area contributed by atoms with E-state index in [1.54, 1.807) is 11.8 Å². The van der Waals surface area contributed by atoms with Gasteiger partial charge in [0.15, 0.2) is 6.10 Å². The summed E-state index contributed by atoms with van der Waals surface area (Å²) < 4.78 is 11.0. The molecule has 2 rings (SSSR count). The van der Waals surface area contributed by atoms with Crippen LogP contribution < -0.4 is 10.5 Å². The molecule has 1 aromatic carbocycles. The Labute approximate surface area is 119 Å². The summed E-state index contributed by atoms with van der Waals surface area (Å²) in [6, 6.07) is 7.51. The molecule has 2 atom stereocenters. The second kappa shape index (κ2) is 6.72. The van der Waals surface area contributed by atoms with Crippen molar-refractivity contribution in [2.75, 3.05) is 26.3 Å². The molecule has 0 saturated carbocycles. The molecule has 110 valence electrons. The lowest BCUT2D eigenvalue weighted by atomic mass is 10.1. The summed E-state index contributed by atoms with van der Waals surface area (Å²) in [7, 11) is 0. The zero-order valence-electron chi connectivity index (χ0n) is 12.0. The number of nitrogens with two attached hydrogens (primary N) is 1. The van der Waals surface area contributed by atoms with Gasteiger partial charge in [0.2, 0.25) is 0 Å². The van der Waals surface area contributed by atoms with Crippen molar-refractivity contribution in [1.82, 2.24) is 4.90 Å². The van der Waals surface area contributed by atoms with Crippen LogP contribution in [0.15, 0.2) is 24.3 Å². The minimum Gasteiger partial charge on any atom is -0.481 e. The van der Waals surface area contributed by atoms with E-state index in [-0.39, 0.29) is 11.9 Å². The molecule has 1 aliphatic heterocycles. The SMILES string of the molecule is CC(Oc1cccc([C@@H](C)N)c1)C(=O)N1CCOCC1. The third-order valence-electron chi connectivity index (χ3n) is 3.37. The van der Waals surface area contributed by atoms with Crippen molar-refractivity contribution in [1.29, 1.82) is 0 Å². The fraction of sp³-hybridized carbons (Fsp3) is 0.533. The first-order valence-electron chi connectivity index (χ1n) is 6.96. The molecule has 5 nitrogen and oxygen atoms in total. The van der Waals surface area contributed by atoms with Crippen LogP contribution in [0, 0.1) is 0 Å². The molecule has 5 heteroatoms. The molecule has 1 amide bonds. The van der Waals surface area contributed by atoms with Gasteiger partial charge >= 0.3 is 0 Å². The molecule has 1 unspecified atom stereocenters. The van der Waals surface area contributed by atoms with Crippen LogP contribution in [0.5, 0.6) is 5.75 Å². The van der Waals surface area contributed by atoms with Gasteiger partial charge in [-0.2, -0.15) is 0 Å². The molecule has 0 aromatic heterocycles. The number of hydrogen-bond donors (Lipinski definition) is 1. The average Bonchev–Trinajstić information content (AvgIpc) is 2.47. The van der Waals surface area contributed by atoms with E-state index in [2.05, 4.69) is 0 Å². The molecule has 0 radical (unpaired) electrons. The molecule has 1 heterocycles. The second-order valence-electron chi connectivity index (χ2n) is 5.06. The first-order valence-corrected chi connectivity index (χ1v) is 6.96. The number of carbonyl (C=O) groups excluding carboxylic acids is 1. The predicted octanol–water partition coefficient (Wildman–Crippen LogP) is 1.33. The molecule has 1 saturated heterocycles. The van der Waals surface area contributed by atoms with E-state index < -0.39 is 6.10 Å². The summed E-state index contributed by atoms with van der Waals surface area (Å²) in [6.07, 6.45) is -0.503. The van der Waals surface area contributed by atoms with Crippen LogP contribution in [0.1, 0.15) is 25.5 Å². The number of amides is 1. The number of hydrogen-bond acceptors (Lipinski definition) is 4. The van der Waals surface area contributed by atoms with E-state index in [0.29, 0.717) is 32.1 Å². The van der Waals surface area contributed by atoms with Gasteiger partial charge in [-0.05, 0) is 31.5 Å². The van der Waals surface area contributed by atoms with Crippen molar-refractivity contribution in [2.24, 2.45) is 5.73 Å². The number of carbonyl (C=O) groups is 1. The van der Waals surface area contributed by atoms with Crippen LogP contribution in [0.3, 0.4) is 0 Å². The Balaban J connectivity index is 1.97. The molecule has 20 heavy (non-hydrogen) atoms. The van der Waals surface area contributed by atoms with Gasteiger partial charge in [0.1, 0.15) is 5.75 Å². The van der Waals surface area contributed by atoms with Crippen LogP contribution in [0.25, 0.3) is 0 Å². The molecule has 2 N–H and O–H groups in total. The summed E-state index contributed by atoms with van der Waals surface area (Å²) in [5.74, 6) is 0.674. The first-order chi connectivity index (χ1) is 9.58. The van der Waals surface area contributed by atoms with Crippen molar-refractivity contribution >= 4 is 5.91 Å². The number of morpholine rings is 1. The Morgan fingerprint density at radius 3 is 2.70 bits per heavy atom. The summed E-state index contributed by atoms with van der Waals surface area (Å²) in [6.45, 7) is 6.15. The molecule has 1 fully saturated rings. The number of rotatable bonds is 4. The smallest absolute Gasteiger partial charge is 0.263 e. The van der Waals surface area contributed by atoms with Crippen LogP contribution in [-0.2, 0) is 9.53 Å². The van der Waals surface area contributed by atoms with Gasteiger partial charge in [-0.3, -0.25) is 4.79 Å². The highest BCUT2D eigenvalue weighted by molar-refractivity contribution is 5.81. The Morgan fingerprint density at radius 2 is 2.05 bits per heavy atom. The molecular formula is C15H22N2O3. The van der Waals surface area contributed by atoms with Gasteiger partial charge < -0.3 is 20.1 Å². The second-order valence-corrected chi connectivity index (χ2v) is 5.06. The van der Waals surface area contributed by atoms with Crippen LogP contribution in [0.2, 0.25) is 0 Å². The minimum absolute atomic E-state index is 0.000463. The molecule has 0 aliphatic carbocycles. The topological polar surface area (TPSA) is 64.8 Å². The van der Waals surface area contributed by atoms with Crippen LogP contribution >= 0.6 is 0 Å². The highest BCUT2D eigenvalue weighted by atomic mass is 16.5. The average molecular weight is 278 g/mol. The number of benzene rings is 1. The van der Waals surface area contributed by atoms with Gasteiger partial charge in [0.25, 0.3) is 5.91 Å². The lowest BCUT2D eigenvalue weighted by Crippen LogP contribution is -2.46. The first kappa shape index (κ1) is 14.8. The Hall–Kier alpha value is -1.59. The zero-order chi connectivity index (χ0) is 14.5. The maximum Gasteiger partial charge on any atom is 0.263 e. The lowest BCUT2D eigenvalue weighted by molar-refractivity contribution is -0.142. The van der Waals surface area contributed by atoms with Crippen LogP contribution in [-0.4, -0.2) is 43.2 Å². The Bertz CT molecular complexity index is 456. The van der Waals surface area contributed by atoms with E-state index in [1.807, 2.05) is 31.2 Å². The van der Waals surface area contributed by atoms with Crippen molar-refractivity contribution in [3.05, 3.63) is 29.8 Å². The quantitative estimate of drug-likeness (QED) is 0.902. The monoisotopic (exact) mass is 278 g/mol. The largest absolute Gasteiger partial charge is 0.481 e. The molecule has 0 spiro atoms. The van der Waals surface area contributed by atoms with Crippen molar-refractivity contribution < 1.29 is 14.3 Å². The predicted molar refractivity (Wildman–Crippen MR) is 76.5 cm³/mol. The number of ether oxygens (including phenoxy) is 2. The highest BCUT2D eigenvalue weighted by Gasteiger charge is 2.23. The van der Waals surface area contributed by atoms with Gasteiger partial charge in [-0.25, -0.2) is 0 Å². The van der Waals surface area contributed by atoms with Crippen molar-refractivity contribution in [2.45, 2.75) is 26.0 Å². The van der Waals surface area contributed by atoms with E-state index in [9.17, 15) is 4.79 Å². The third kappa shape index (κ3) is 3.71. The van der Waals surface area contributed by atoms with Gasteiger partial charge in [0, 0.05) is 19.1 Å². The molecule has 1 aromatic rings. The van der Waals surface area contributed by atoms with E-state index in [0.717, 1.165) is 5.56 Å². The minimum atomic E-state index is -0.503. The zero-order valence-corrected chi connectivity index (χ0v) is 12.0. The van der Waals surface area contributed by atoms with Gasteiger partial charge in [0.05, 0.1) is 13.2 Å². The number of nitrogens with zero attached hydrogens (tertiary/aromatic N) is 1. The lowest BCUT2D eigenvalue weighted by Gasteiger charge is -2.29. The summed E-state index contributed by atoms with van der Waals surface area (Å²) in [5.41, 5.74) is 6.84.